The molecule has 0 aliphatic heterocycles. The molecule has 0 saturated carbocycles. The van der Waals surface area contributed by atoms with Crippen LogP contribution in [0.15, 0.2) is 90.6 Å². The van der Waals surface area contributed by atoms with Crippen LogP contribution in [0.5, 0.6) is 5.75 Å². The van der Waals surface area contributed by atoms with E-state index in [0.29, 0.717) is 4.90 Å². The zero-order valence-corrected chi connectivity index (χ0v) is 22.3. The van der Waals surface area contributed by atoms with Crippen molar-refractivity contribution in [3.63, 3.8) is 0 Å². The van der Waals surface area contributed by atoms with Gasteiger partial charge in [-0.15, -0.1) is 0 Å². The van der Waals surface area contributed by atoms with E-state index in [1.807, 2.05) is 0 Å². The minimum atomic E-state index is -8.02. The SMILES string of the molecule is COc1cccc(/C=C(/N(Cc2ccccc2)Cc2ccccc2)C(F)(F)C(F)(F)C(F)(F)C(F)(F)C(F)(F)C(F)(F)F)c1. The van der Waals surface area contributed by atoms with Crippen molar-refractivity contribution in [2.24, 2.45) is 0 Å². The third kappa shape index (κ3) is 6.32. The van der Waals surface area contributed by atoms with Gasteiger partial charge in [0.15, 0.2) is 0 Å². The molecule has 0 bridgehead atoms. The fourth-order valence-corrected chi connectivity index (χ4v) is 4.03. The third-order valence-corrected chi connectivity index (χ3v) is 6.43. The Morgan fingerprint density at radius 3 is 1.48 bits per heavy atom. The molecule has 0 radical (unpaired) electrons. The Morgan fingerprint density at radius 2 is 1.05 bits per heavy atom. The Labute approximate surface area is 242 Å². The normalized spacial score (nSPS) is 14.0. The monoisotopic (exact) mass is 647 g/mol. The molecule has 2 nitrogen and oxygen atoms in total. The van der Waals surface area contributed by atoms with E-state index in [0.717, 1.165) is 19.2 Å². The van der Waals surface area contributed by atoms with E-state index in [1.165, 1.54) is 72.8 Å². The number of benzene rings is 3. The summed E-state index contributed by atoms with van der Waals surface area (Å²) in [6, 6.07) is 18.3. The molecular formula is C29H22F13NO. The van der Waals surface area contributed by atoms with Gasteiger partial charge in [0, 0.05) is 13.1 Å². The van der Waals surface area contributed by atoms with Gasteiger partial charge in [0.2, 0.25) is 0 Å². The zero-order valence-electron chi connectivity index (χ0n) is 22.3. The highest BCUT2D eigenvalue weighted by Crippen LogP contribution is 2.61. The molecule has 0 spiro atoms. The second kappa shape index (κ2) is 12.2. The van der Waals surface area contributed by atoms with Gasteiger partial charge in [-0.3, -0.25) is 0 Å². The van der Waals surface area contributed by atoms with Crippen molar-refractivity contribution in [2.75, 3.05) is 7.11 Å². The fraction of sp³-hybridized carbons (Fsp3) is 0.310. The highest BCUT2D eigenvalue weighted by molar-refractivity contribution is 5.57. The first-order chi connectivity index (χ1) is 20.2. The lowest BCUT2D eigenvalue weighted by Gasteiger charge is -2.42. The van der Waals surface area contributed by atoms with Gasteiger partial charge in [-0.05, 0) is 34.9 Å². The number of hydrogen-bond donors (Lipinski definition) is 0. The molecule has 0 aromatic heterocycles. The van der Waals surface area contributed by atoms with Crippen molar-refractivity contribution < 1.29 is 61.8 Å². The van der Waals surface area contributed by atoms with Crippen LogP contribution in [0.2, 0.25) is 0 Å². The van der Waals surface area contributed by atoms with E-state index in [9.17, 15) is 39.5 Å². The average molecular weight is 647 g/mol. The lowest BCUT2D eigenvalue weighted by molar-refractivity contribution is -0.437. The third-order valence-electron chi connectivity index (χ3n) is 6.43. The van der Waals surface area contributed by atoms with Gasteiger partial charge < -0.3 is 9.64 Å². The quantitative estimate of drug-likeness (QED) is 0.182. The maximum atomic E-state index is 15.9. The molecule has 3 rings (SSSR count). The number of methoxy groups -OCH3 is 1. The molecule has 0 aliphatic rings. The maximum absolute atomic E-state index is 15.9. The lowest BCUT2D eigenvalue weighted by Crippen LogP contribution is -2.70. The van der Waals surface area contributed by atoms with Gasteiger partial charge >= 0.3 is 35.8 Å². The Balaban J connectivity index is 2.30. The van der Waals surface area contributed by atoms with E-state index in [-0.39, 0.29) is 23.0 Å². The summed E-state index contributed by atoms with van der Waals surface area (Å²) in [6.45, 7) is -1.50. The Hall–Kier alpha value is -3.91. The van der Waals surface area contributed by atoms with Crippen molar-refractivity contribution >= 4 is 6.08 Å². The van der Waals surface area contributed by atoms with Crippen molar-refractivity contribution in [1.82, 2.24) is 4.90 Å². The lowest BCUT2D eigenvalue weighted by atomic mass is 9.91. The van der Waals surface area contributed by atoms with Gasteiger partial charge in [0.05, 0.1) is 12.8 Å². The molecule has 3 aromatic rings. The van der Waals surface area contributed by atoms with Crippen molar-refractivity contribution in [2.45, 2.75) is 48.9 Å². The van der Waals surface area contributed by atoms with Crippen LogP contribution < -0.4 is 4.74 Å². The molecule has 0 saturated heterocycles. The van der Waals surface area contributed by atoms with Gasteiger partial charge in [0.25, 0.3) is 0 Å². The Bertz CT molecular complexity index is 1380. The molecule has 240 valence electrons. The van der Waals surface area contributed by atoms with E-state index in [2.05, 4.69) is 0 Å². The van der Waals surface area contributed by atoms with Crippen LogP contribution in [0.1, 0.15) is 16.7 Å². The minimum Gasteiger partial charge on any atom is -0.497 e. The molecule has 0 N–H and O–H groups in total. The van der Waals surface area contributed by atoms with Crippen molar-refractivity contribution in [1.29, 1.82) is 0 Å². The second-order valence-electron chi connectivity index (χ2n) is 9.50. The van der Waals surface area contributed by atoms with Crippen LogP contribution in [0.25, 0.3) is 6.08 Å². The summed E-state index contributed by atoms with van der Waals surface area (Å²) in [7, 11) is 1.13. The van der Waals surface area contributed by atoms with Gasteiger partial charge in [-0.25, -0.2) is 0 Å². The van der Waals surface area contributed by atoms with Crippen LogP contribution >= 0.6 is 0 Å². The first kappa shape index (κ1) is 34.6. The topological polar surface area (TPSA) is 12.5 Å². The van der Waals surface area contributed by atoms with E-state index in [4.69, 9.17) is 4.74 Å². The minimum absolute atomic E-state index is 0.0486. The highest BCUT2D eigenvalue weighted by atomic mass is 19.4. The summed E-state index contributed by atoms with van der Waals surface area (Å²) in [6.07, 6.45) is -7.30. The smallest absolute Gasteiger partial charge is 0.460 e. The molecule has 44 heavy (non-hydrogen) atoms. The number of rotatable bonds is 12. The molecule has 0 amide bonds. The second-order valence-corrected chi connectivity index (χ2v) is 9.50. The number of hydrogen-bond acceptors (Lipinski definition) is 2. The van der Waals surface area contributed by atoms with Crippen LogP contribution in [-0.4, -0.2) is 47.8 Å². The predicted molar refractivity (Wildman–Crippen MR) is 134 cm³/mol. The van der Waals surface area contributed by atoms with Crippen molar-refractivity contribution in [3.05, 3.63) is 107 Å². The largest absolute Gasteiger partial charge is 0.497 e. The molecule has 0 aliphatic carbocycles. The van der Waals surface area contributed by atoms with Gasteiger partial charge in [-0.2, -0.15) is 57.1 Å². The Kier molecular flexibility index (Phi) is 9.61. The first-order valence-electron chi connectivity index (χ1n) is 12.4. The number of allylic oxidation sites excluding steroid dienone is 1. The summed E-state index contributed by atoms with van der Waals surface area (Å²) in [5.41, 5.74) is -2.26. The fourth-order valence-electron chi connectivity index (χ4n) is 4.03. The van der Waals surface area contributed by atoms with Crippen LogP contribution in [0, 0.1) is 0 Å². The number of alkyl halides is 13. The van der Waals surface area contributed by atoms with E-state index in [1.54, 1.807) is 0 Å². The van der Waals surface area contributed by atoms with Crippen LogP contribution in [0.3, 0.4) is 0 Å². The van der Waals surface area contributed by atoms with Crippen LogP contribution in [-0.2, 0) is 13.1 Å². The predicted octanol–water partition coefficient (Wildman–Crippen LogP) is 9.48. The number of ether oxygens (including phenoxy) is 1. The molecular weight excluding hydrogens is 625 g/mol. The summed E-state index contributed by atoms with van der Waals surface area (Å²) >= 11 is 0. The van der Waals surface area contributed by atoms with Crippen molar-refractivity contribution in [3.8, 4) is 5.75 Å². The molecule has 15 heteroatoms. The number of nitrogens with zero attached hydrogens (tertiary/aromatic N) is 1. The number of halogens is 13. The van der Waals surface area contributed by atoms with Gasteiger partial charge in [0.1, 0.15) is 5.75 Å². The zero-order chi connectivity index (χ0) is 33.2. The Morgan fingerprint density at radius 1 is 0.591 bits per heavy atom. The summed E-state index contributed by atoms with van der Waals surface area (Å²) in [5.74, 6) is -37.8. The van der Waals surface area contributed by atoms with Crippen LogP contribution in [0.4, 0.5) is 57.1 Å². The maximum Gasteiger partial charge on any atom is 0.460 e. The molecule has 3 aromatic carbocycles. The summed E-state index contributed by atoms with van der Waals surface area (Å²) < 4.78 is 189. The molecule has 0 heterocycles. The van der Waals surface area contributed by atoms with E-state index >= 15 is 17.6 Å². The summed E-state index contributed by atoms with van der Waals surface area (Å²) in [4.78, 5) is 0.397. The molecule has 0 fully saturated rings. The standard InChI is InChI=1S/C29H22F13NO/c1-44-22-14-8-13-21(15-22)16-23(43(17-19-9-4-2-5-10-19)18-20-11-6-3-7-12-20)24(30,31)25(32,33)26(34,35)27(36,37)28(38,39)29(40,41)42/h2-16H,17-18H2,1H3/b23-16+. The molecule has 0 unspecified atom stereocenters. The first-order valence-corrected chi connectivity index (χ1v) is 12.4. The van der Waals surface area contributed by atoms with Gasteiger partial charge in [-0.1, -0.05) is 72.8 Å². The summed E-state index contributed by atoms with van der Waals surface area (Å²) in [5, 5.41) is 0. The molecule has 0 atom stereocenters. The average Bonchev–Trinajstić information content (AvgIpc) is 2.95. The highest BCUT2D eigenvalue weighted by Gasteiger charge is 2.91. The van der Waals surface area contributed by atoms with E-state index < -0.39 is 60.1 Å².